The zero-order valence-corrected chi connectivity index (χ0v) is 10.1. The molecule has 0 saturated heterocycles. The molecule has 0 bridgehead atoms. The Kier molecular flexibility index (Phi) is 5.25. The molecule has 0 radical (unpaired) electrons. The molecule has 96 valence electrons. The Morgan fingerprint density at radius 2 is 1.75 bits per heavy atom. The van der Waals surface area contributed by atoms with Gasteiger partial charge >= 0.3 is 6.18 Å². The lowest BCUT2D eigenvalue weighted by atomic mass is 9.97. The number of likely N-dealkylation sites (N-methyl/N-ethyl adjacent to an activating group) is 1. The number of nitrogens with one attached hydrogen (secondary N) is 1. The molecule has 0 heterocycles. The topological polar surface area (TPSA) is 32.3 Å². The summed E-state index contributed by atoms with van der Waals surface area (Å²) in [6.45, 7) is 5.24. The van der Waals surface area contributed by atoms with E-state index in [0.29, 0.717) is 11.4 Å². The first-order chi connectivity index (χ1) is 7.01. The molecule has 0 aliphatic rings. The maximum absolute atomic E-state index is 12.0. The molecule has 0 aromatic carbocycles. The number of amides is 1. The van der Waals surface area contributed by atoms with Crippen molar-refractivity contribution in [1.82, 2.24) is 10.2 Å². The summed E-state index contributed by atoms with van der Waals surface area (Å²) in [6.07, 6.45) is -4.34. The second-order valence-electron chi connectivity index (χ2n) is 5.03. The molecule has 0 aliphatic heterocycles. The standard InChI is InChI=1S/C10H19F3N2O/c1-9(2,3)6-14-5-8(16)15(4)7-10(11,12)13/h14H,5-7H2,1-4H3. The third kappa shape index (κ3) is 8.52. The predicted octanol–water partition coefficient (Wildman–Crippen LogP) is 1.64. The van der Waals surface area contributed by atoms with Gasteiger partial charge in [-0.1, -0.05) is 20.8 Å². The van der Waals surface area contributed by atoms with Crippen molar-refractivity contribution in [3.05, 3.63) is 0 Å². The van der Waals surface area contributed by atoms with Gasteiger partial charge in [-0.3, -0.25) is 4.79 Å². The third-order valence-electron chi connectivity index (χ3n) is 1.77. The summed E-state index contributed by atoms with van der Waals surface area (Å²) < 4.78 is 35.9. The molecule has 1 N–H and O–H groups in total. The lowest BCUT2D eigenvalue weighted by Crippen LogP contribution is -2.42. The van der Waals surface area contributed by atoms with Gasteiger partial charge in [-0.2, -0.15) is 13.2 Å². The van der Waals surface area contributed by atoms with Gasteiger partial charge in [-0.25, -0.2) is 0 Å². The van der Waals surface area contributed by atoms with Crippen LogP contribution in [0, 0.1) is 5.41 Å². The van der Waals surface area contributed by atoms with Crippen LogP contribution in [-0.4, -0.2) is 43.7 Å². The van der Waals surface area contributed by atoms with Crippen LogP contribution in [0.5, 0.6) is 0 Å². The molecule has 0 spiro atoms. The number of carbonyl (C=O) groups excluding carboxylic acids is 1. The Morgan fingerprint density at radius 1 is 1.25 bits per heavy atom. The fourth-order valence-corrected chi connectivity index (χ4v) is 1.04. The smallest absolute Gasteiger partial charge is 0.336 e. The van der Waals surface area contributed by atoms with E-state index >= 15 is 0 Å². The molecule has 0 saturated carbocycles. The first-order valence-corrected chi connectivity index (χ1v) is 5.03. The summed E-state index contributed by atoms with van der Waals surface area (Å²) >= 11 is 0. The fourth-order valence-electron chi connectivity index (χ4n) is 1.04. The third-order valence-corrected chi connectivity index (χ3v) is 1.77. The minimum absolute atomic E-state index is 0.00286. The normalized spacial score (nSPS) is 12.7. The predicted molar refractivity (Wildman–Crippen MR) is 56.0 cm³/mol. The Morgan fingerprint density at radius 3 is 2.12 bits per heavy atom. The molecule has 16 heavy (non-hydrogen) atoms. The molecule has 0 aliphatic carbocycles. The molecule has 0 unspecified atom stereocenters. The first-order valence-electron chi connectivity index (χ1n) is 5.03. The van der Waals surface area contributed by atoms with Crippen molar-refractivity contribution in [3.63, 3.8) is 0 Å². The van der Waals surface area contributed by atoms with E-state index in [4.69, 9.17) is 0 Å². The second kappa shape index (κ2) is 5.52. The number of hydrogen-bond donors (Lipinski definition) is 1. The molecule has 1 amide bonds. The van der Waals surface area contributed by atoms with Crippen LogP contribution in [0.4, 0.5) is 13.2 Å². The van der Waals surface area contributed by atoms with Crippen LogP contribution in [0.2, 0.25) is 0 Å². The van der Waals surface area contributed by atoms with Crippen LogP contribution >= 0.6 is 0 Å². The molecule has 0 fully saturated rings. The van der Waals surface area contributed by atoms with Crippen molar-refractivity contribution in [2.45, 2.75) is 26.9 Å². The van der Waals surface area contributed by atoms with Crippen molar-refractivity contribution in [2.24, 2.45) is 5.41 Å². The number of halogens is 3. The molecule has 0 rings (SSSR count). The number of rotatable bonds is 4. The quantitative estimate of drug-likeness (QED) is 0.810. The van der Waals surface area contributed by atoms with E-state index < -0.39 is 18.6 Å². The highest BCUT2D eigenvalue weighted by molar-refractivity contribution is 5.78. The zero-order valence-electron chi connectivity index (χ0n) is 10.1. The van der Waals surface area contributed by atoms with Crippen molar-refractivity contribution in [1.29, 1.82) is 0 Å². The Labute approximate surface area is 94.0 Å². The summed E-state index contributed by atoms with van der Waals surface area (Å²) in [7, 11) is 1.15. The van der Waals surface area contributed by atoms with Crippen LogP contribution in [0.15, 0.2) is 0 Å². The van der Waals surface area contributed by atoms with Gasteiger partial charge < -0.3 is 10.2 Å². The van der Waals surface area contributed by atoms with Crippen LogP contribution in [0.3, 0.4) is 0 Å². The maximum Gasteiger partial charge on any atom is 0.406 e. The molecule has 0 atom stereocenters. The number of hydrogen-bond acceptors (Lipinski definition) is 2. The molecular formula is C10H19F3N2O. The van der Waals surface area contributed by atoms with Crippen molar-refractivity contribution >= 4 is 5.91 Å². The van der Waals surface area contributed by atoms with Crippen LogP contribution in [0.25, 0.3) is 0 Å². The first kappa shape index (κ1) is 15.2. The van der Waals surface area contributed by atoms with E-state index in [2.05, 4.69) is 5.32 Å². The fraction of sp³-hybridized carbons (Fsp3) is 0.900. The van der Waals surface area contributed by atoms with Gasteiger partial charge in [0.05, 0.1) is 6.54 Å². The summed E-state index contributed by atoms with van der Waals surface area (Å²) in [5, 5.41) is 2.83. The molecule has 0 aromatic heterocycles. The highest BCUT2D eigenvalue weighted by Gasteiger charge is 2.30. The van der Waals surface area contributed by atoms with E-state index in [1.165, 1.54) is 0 Å². The average Bonchev–Trinajstić information content (AvgIpc) is 1.98. The van der Waals surface area contributed by atoms with Gasteiger partial charge in [-0.15, -0.1) is 0 Å². The lowest BCUT2D eigenvalue weighted by molar-refractivity contribution is -0.157. The van der Waals surface area contributed by atoms with E-state index in [0.717, 1.165) is 7.05 Å². The minimum Gasteiger partial charge on any atom is -0.336 e. The number of alkyl halides is 3. The number of carbonyl (C=O) groups is 1. The highest BCUT2D eigenvalue weighted by atomic mass is 19.4. The Hall–Kier alpha value is -0.780. The minimum atomic E-state index is -4.34. The van der Waals surface area contributed by atoms with Crippen LogP contribution in [-0.2, 0) is 4.79 Å². The largest absolute Gasteiger partial charge is 0.406 e. The summed E-state index contributed by atoms with van der Waals surface area (Å²) in [4.78, 5) is 11.9. The molecule has 0 aromatic rings. The van der Waals surface area contributed by atoms with E-state index in [-0.39, 0.29) is 12.0 Å². The van der Waals surface area contributed by atoms with E-state index in [1.54, 1.807) is 0 Å². The molecule has 6 heteroatoms. The van der Waals surface area contributed by atoms with E-state index in [1.807, 2.05) is 20.8 Å². The van der Waals surface area contributed by atoms with E-state index in [9.17, 15) is 18.0 Å². The summed E-state index contributed by atoms with van der Waals surface area (Å²) in [6, 6.07) is 0. The average molecular weight is 240 g/mol. The van der Waals surface area contributed by atoms with Crippen molar-refractivity contribution < 1.29 is 18.0 Å². The maximum atomic E-state index is 12.0. The summed E-state index contributed by atoms with van der Waals surface area (Å²) in [5.74, 6) is -0.554. The lowest BCUT2D eigenvalue weighted by Gasteiger charge is -2.22. The Bertz CT molecular complexity index is 233. The monoisotopic (exact) mass is 240 g/mol. The van der Waals surface area contributed by atoms with Gasteiger partial charge in [0.15, 0.2) is 0 Å². The van der Waals surface area contributed by atoms with Gasteiger partial charge in [0.2, 0.25) is 5.91 Å². The van der Waals surface area contributed by atoms with Crippen LogP contribution in [0.1, 0.15) is 20.8 Å². The molecule has 3 nitrogen and oxygen atoms in total. The van der Waals surface area contributed by atoms with Gasteiger partial charge in [0, 0.05) is 13.6 Å². The van der Waals surface area contributed by atoms with Gasteiger partial charge in [-0.05, 0) is 5.41 Å². The number of nitrogens with zero attached hydrogens (tertiary/aromatic N) is 1. The molecular weight excluding hydrogens is 221 g/mol. The van der Waals surface area contributed by atoms with Gasteiger partial charge in [0.25, 0.3) is 0 Å². The summed E-state index contributed by atoms with van der Waals surface area (Å²) in [5.41, 5.74) is 0.00286. The SMILES string of the molecule is CN(CC(F)(F)F)C(=O)CNCC(C)(C)C. The zero-order chi connectivity index (χ0) is 13.0. The van der Waals surface area contributed by atoms with Gasteiger partial charge in [0.1, 0.15) is 6.54 Å². The van der Waals surface area contributed by atoms with Crippen molar-refractivity contribution in [2.75, 3.05) is 26.7 Å². The second-order valence-corrected chi connectivity index (χ2v) is 5.03. The highest BCUT2D eigenvalue weighted by Crippen LogP contribution is 2.15. The van der Waals surface area contributed by atoms with Crippen molar-refractivity contribution in [3.8, 4) is 0 Å². The Balaban J connectivity index is 3.90. The van der Waals surface area contributed by atoms with Crippen LogP contribution < -0.4 is 5.32 Å².